The highest BCUT2D eigenvalue weighted by Crippen LogP contribution is 2.05. The molecule has 2 aromatic rings. The van der Waals surface area contributed by atoms with Gasteiger partial charge in [0.15, 0.2) is 5.52 Å². The maximum Gasteiger partial charge on any atom is 0.356 e. The molecule has 0 bridgehead atoms. The Morgan fingerprint density at radius 1 is 1.38 bits per heavy atom. The number of fused-ring (bicyclic) bond motifs is 1. The molecule has 0 aliphatic rings. The van der Waals surface area contributed by atoms with E-state index in [1.54, 1.807) is 0 Å². The molecular formula is C4H2ClN5O2S. The summed E-state index contributed by atoms with van der Waals surface area (Å²) < 4.78 is 21.9. The lowest BCUT2D eigenvalue weighted by molar-refractivity contribution is 0.585. The van der Waals surface area contributed by atoms with Crippen LogP contribution in [0.1, 0.15) is 0 Å². The van der Waals surface area contributed by atoms with Crippen molar-refractivity contribution >= 4 is 31.1 Å². The number of aromatic nitrogens is 5. The summed E-state index contributed by atoms with van der Waals surface area (Å²) in [6, 6.07) is 0. The van der Waals surface area contributed by atoms with E-state index in [0.717, 1.165) is 0 Å². The smallest absolute Gasteiger partial charge is 0.242 e. The Hall–Kier alpha value is -1.28. The van der Waals surface area contributed by atoms with Crippen molar-refractivity contribution < 1.29 is 8.42 Å². The maximum absolute atomic E-state index is 10.8. The Morgan fingerprint density at radius 2 is 2.15 bits per heavy atom. The fraction of sp³-hybridized carbons (Fsp3) is 0. The predicted octanol–water partition coefficient (Wildman–Crippen LogP) is -0.447. The number of halogens is 1. The van der Waals surface area contributed by atoms with Crippen LogP contribution in [0.2, 0.25) is 0 Å². The van der Waals surface area contributed by atoms with E-state index in [-0.39, 0.29) is 11.2 Å². The third-order valence-electron chi connectivity index (χ3n) is 1.24. The lowest BCUT2D eigenvalue weighted by atomic mass is 10.6. The van der Waals surface area contributed by atoms with E-state index in [2.05, 4.69) is 20.2 Å². The Morgan fingerprint density at radius 3 is 2.77 bits per heavy atom. The van der Waals surface area contributed by atoms with Gasteiger partial charge in [-0.15, -0.1) is 10.2 Å². The molecule has 0 unspecified atom stereocenters. The topological polar surface area (TPSA) is 90.6 Å². The summed E-state index contributed by atoms with van der Waals surface area (Å²) in [5.41, 5.74) is 0.450. The summed E-state index contributed by atoms with van der Waals surface area (Å²) in [6.45, 7) is 0. The summed E-state index contributed by atoms with van der Waals surface area (Å²) >= 11 is 0. The quantitative estimate of drug-likeness (QED) is 0.604. The summed E-state index contributed by atoms with van der Waals surface area (Å²) in [5.74, 6) is 0. The van der Waals surface area contributed by atoms with E-state index >= 15 is 0 Å². The minimum Gasteiger partial charge on any atom is -0.242 e. The first-order valence-electron chi connectivity index (χ1n) is 3.05. The second kappa shape index (κ2) is 2.60. The Bertz CT molecular complexity index is 515. The first kappa shape index (κ1) is 8.32. The van der Waals surface area contributed by atoms with Crippen LogP contribution in [-0.4, -0.2) is 32.8 Å². The van der Waals surface area contributed by atoms with E-state index < -0.39 is 9.24 Å². The molecule has 2 heterocycles. The minimum absolute atomic E-state index is 0.180. The Kier molecular flexibility index (Phi) is 1.67. The molecule has 9 heteroatoms. The molecule has 7 nitrogen and oxygen atoms in total. The summed E-state index contributed by atoms with van der Waals surface area (Å²) in [7, 11) is 1.03. The van der Waals surface area contributed by atoms with Crippen LogP contribution in [0.3, 0.4) is 0 Å². The van der Waals surface area contributed by atoms with Crippen molar-refractivity contribution in [3.05, 3.63) is 12.5 Å². The monoisotopic (exact) mass is 219 g/mol. The third kappa shape index (κ3) is 1.45. The fourth-order valence-corrected chi connectivity index (χ4v) is 1.30. The first-order valence-corrected chi connectivity index (χ1v) is 5.32. The van der Waals surface area contributed by atoms with Gasteiger partial charge in [-0.25, -0.2) is 9.97 Å². The van der Waals surface area contributed by atoms with Gasteiger partial charge < -0.3 is 0 Å². The molecular weight excluding hydrogens is 218 g/mol. The van der Waals surface area contributed by atoms with Crippen LogP contribution in [0, 0.1) is 0 Å². The van der Waals surface area contributed by atoms with Crippen molar-refractivity contribution in [2.75, 3.05) is 0 Å². The lowest BCUT2D eigenvalue weighted by Gasteiger charge is -1.87. The predicted molar refractivity (Wildman–Crippen MR) is 43.3 cm³/mol. The number of rotatable bonds is 1. The zero-order valence-corrected chi connectivity index (χ0v) is 7.57. The molecule has 0 aromatic carbocycles. The van der Waals surface area contributed by atoms with Crippen molar-refractivity contribution in [2.45, 2.75) is 0 Å². The van der Waals surface area contributed by atoms with Gasteiger partial charge in [0, 0.05) is 10.7 Å². The number of nitrogens with zero attached hydrogens (tertiary/aromatic N) is 5. The van der Waals surface area contributed by atoms with Crippen LogP contribution in [0.4, 0.5) is 0 Å². The highest BCUT2D eigenvalue weighted by Gasteiger charge is 2.13. The van der Waals surface area contributed by atoms with E-state index in [4.69, 9.17) is 10.7 Å². The maximum atomic E-state index is 10.8. The molecule has 0 saturated carbocycles. The standard InChI is InChI=1S/C4H2ClN5O2S/c5-13(11,12)10-8-3-1-6-2-7-4(3)9-10/h1-2H. The summed E-state index contributed by atoms with van der Waals surface area (Å²) in [6.07, 6.45) is 2.58. The van der Waals surface area contributed by atoms with Crippen LogP contribution >= 0.6 is 10.7 Å². The van der Waals surface area contributed by atoms with Crippen LogP contribution in [0.5, 0.6) is 0 Å². The van der Waals surface area contributed by atoms with Gasteiger partial charge in [-0.1, -0.05) is 4.20 Å². The average molecular weight is 220 g/mol. The molecule has 13 heavy (non-hydrogen) atoms. The minimum atomic E-state index is -3.97. The van der Waals surface area contributed by atoms with E-state index in [1.807, 2.05) is 0 Å². The second-order valence-corrected chi connectivity index (χ2v) is 4.42. The van der Waals surface area contributed by atoms with Gasteiger partial charge in [0.2, 0.25) is 5.65 Å². The average Bonchev–Trinajstić information content (AvgIpc) is 2.45. The largest absolute Gasteiger partial charge is 0.356 e. The summed E-state index contributed by atoms with van der Waals surface area (Å²) in [4.78, 5) is 7.33. The second-order valence-electron chi connectivity index (χ2n) is 2.10. The SMILES string of the molecule is O=S(=O)(Cl)n1nc2cncnc2n1. The number of hydrogen-bond acceptors (Lipinski definition) is 6. The van der Waals surface area contributed by atoms with E-state index in [9.17, 15) is 8.42 Å². The normalized spacial score (nSPS) is 12.1. The molecule has 2 rings (SSSR count). The van der Waals surface area contributed by atoms with Crippen molar-refractivity contribution in [3.8, 4) is 0 Å². The van der Waals surface area contributed by atoms with Crippen LogP contribution in [-0.2, 0) is 9.24 Å². The lowest BCUT2D eigenvalue weighted by Crippen LogP contribution is -2.08. The van der Waals surface area contributed by atoms with Gasteiger partial charge in [0.25, 0.3) is 0 Å². The van der Waals surface area contributed by atoms with Crippen molar-refractivity contribution in [1.29, 1.82) is 0 Å². The van der Waals surface area contributed by atoms with Gasteiger partial charge in [0.05, 0.1) is 6.20 Å². The molecule has 0 N–H and O–H groups in total. The zero-order valence-electron chi connectivity index (χ0n) is 5.99. The van der Waals surface area contributed by atoms with E-state index in [1.165, 1.54) is 12.5 Å². The molecule has 0 fully saturated rings. The van der Waals surface area contributed by atoms with Gasteiger partial charge in [-0.3, -0.25) is 0 Å². The zero-order chi connectivity index (χ0) is 9.47. The fourth-order valence-electron chi connectivity index (χ4n) is 0.756. The molecule has 0 saturated heterocycles. The highest BCUT2D eigenvalue weighted by molar-refractivity contribution is 8.12. The summed E-state index contributed by atoms with van der Waals surface area (Å²) in [5, 5.41) is 7.06. The number of hydrogen-bond donors (Lipinski definition) is 0. The van der Waals surface area contributed by atoms with Crippen molar-refractivity contribution in [2.24, 2.45) is 0 Å². The van der Waals surface area contributed by atoms with Crippen LogP contribution in [0.25, 0.3) is 11.2 Å². The van der Waals surface area contributed by atoms with Gasteiger partial charge >= 0.3 is 9.24 Å². The molecule has 0 spiro atoms. The Balaban J connectivity index is 2.77. The molecule has 0 aliphatic carbocycles. The van der Waals surface area contributed by atoms with Crippen LogP contribution < -0.4 is 0 Å². The molecule has 0 aliphatic heterocycles. The van der Waals surface area contributed by atoms with Crippen molar-refractivity contribution in [1.82, 2.24) is 24.4 Å². The molecule has 0 amide bonds. The van der Waals surface area contributed by atoms with Gasteiger partial charge in [0.1, 0.15) is 6.33 Å². The van der Waals surface area contributed by atoms with Crippen molar-refractivity contribution in [3.63, 3.8) is 0 Å². The highest BCUT2D eigenvalue weighted by atomic mass is 35.7. The third-order valence-corrected chi connectivity index (χ3v) is 2.16. The van der Waals surface area contributed by atoms with E-state index in [0.29, 0.717) is 4.20 Å². The molecule has 68 valence electrons. The first-order chi connectivity index (χ1) is 6.07. The Labute approximate surface area is 76.9 Å². The molecule has 2 aromatic heterocycles. The van der Waals surface area contributed by atoms with Crippen LogP contribution in [0.15, 0.2) is 12.5 Å². The van der Waals surface area contributed by atoms with Gasteiger partial charge in [-0.05, 0) is 0 Å². The molecule has 0 radical (unpaired) electrons. The van der Waals surface area contributed by atoms with Gasteiger partial charge in [-0.2, -0.15) is 8.42 Å². The molecule has 0 atom stereocenters.